The molecule has 0 saturated carbocycles. The number of carbonyl (C=O) groups excluding carboxylic acids is 1. The number of benzene rings is 2. The van der Waals surface area contributed by atoms with Gasteiger partial charge in [0.2, 0.25) is 5.91 Å². The first-order valence-electron chi connectivity index (χ1n) is 7.43. The molecule has 1 amide bonds. The zero-order valence-corrected chi connectivity index (χ0v) is 13.5. The van der Waals surface area contributed by atoms with Crippen molar-refractivity contribution in [3.63, 3.8) is 0 Å². The first-order chi connectivity index (χ1) is 11.1. The molecule has 1 aromatic heterocycles. The van der Waals surface area contributed by atoms with Crippen LogP contribution >= 0.6 is 0 Å². The van der Waals surface area contributed by atoms with Crippen LogP contribution in [-0.4, -0.2) is 22.6 Å². The SMILES string of the molecule is COc1ccc(NC(=O)Cn2cnc3cc(C)c(C)cc32)cc1. The van der Waals surface area contributed by atoms with Crippen molar-refractivity contribution >= 4 is 22.6 Å². The van der Waals surface area contributed by atoms with Crippen molar-refractivity contribution in [3.05, 3.63) is 53.9 Å². The van der Waals surface area contributed by atoms with Gasteiger partial charge in [-0.05, 0) is 61.4 Å². The van der Waals surface area contributed by atoms with Gasteiger partial charge in [0.25, 0.3) is 0 Å². The quantitative estimate of drug-likeness (QED) is 0.804. The maximum Gasteiger partial charge on any atom is 0.244 e. The lowest BCUT2D eigenvalue weighted by Gasteiger charge is -2.08. The Morgan fingerprint density at radius 3 is 2.57 bits per heavy atom. The molecule has 0 saturated heterocycles. The molecule has 0 bridgehead atoms. The van der Waals surface area contributed by atoms with Crippen LogP contribution in [0.2, 0.25) is 0 Å². The summed E-state index contributed by atoms with van der Waals surface area (Å²) >= 11 is 0. The molecule has 3 rings (SSSR count). The van der Waals surface area contributed by atoms with E-state index in [1.54, 1.807) is 13.4 Å². The number of imidazole rings is 1. The Kier molecular flexibility index (Phi) is 4.02. The van der Waals surface area contributed by atoms with E-state index in [4.69, 9.17) is 4.74 Å². The average molecular weight is 309 g/mol. The van der Waals surface area contributed by atoms with Gasteiger partial charge in [-0.25, -0.2) is 4.98 Å². The summed E-state index contributed by atoms with van der Waals surface area (Å²) in [7, 11) is 1.61. The van der Waals surface area contributed by atoms with E-state index >= 15 is 0 Å². The predicted octanol–water partition coefficient (Wildman–Crippen LogP) is 3.30. The van der Waals surface area contributed by atoms with E-state index in [0.29, 0.717) is 0 Å². The fourth-order valence-electron chi connectivity index (χ4n) is 2.47. The standard InChI is InChI=1S/C18H19N3O2/c1-12-8-16-17(9-13(12)2)21(11-19-16)10-18(22)20-14-4-6-15(23-3)7-5-14/h4-9,11H,10H2,1-3H3,(H,20,22). The van der Waals surface area contributed by atoms with Gasteiger partial charge in [-0.15, -0.1) is 0 Å². The van der Waals surface area contributed by atoms with Crippen LogP contribution in [-0.2, 0) is 11.3 Å². The van der Waals surface area contributed by atoms with Crippen molar-refractivity contribution < 1.29 is 9.53 Å². The van der Waals surface area contributed by atoms with Crippen molar-refractivity contribution in [1.29, 1.82) is 0 Å². The predicted molar refractivity (Wildman–Crippen MR) is 90.8 cm³/mol. The number of aromatic nitrogens is 2. The number of fused-ring (bicyclic) bond motifs is 1. The Hall–Kier alpha value is -2.82. The molecule has 0 spiro atoms. The van der Waals surface area contributed by atoms with E-state index in [1.165, 1.54) is 11.1 Å². The normalized spacial score (nSPS) is 10.7. The molecular weight excluding hydrogens is 290 g/mol. The van der Waals surface area contributed by atoms with Gasteiger partial charge in [-0.3, -0.25) is 4.79 Å². The summed E-state index contributed by atoms with van der Waals surface area (Å²) in [6, 6.07) is 11.4. The fraction of sp³-hybridized carbons (Fsp3) is 0.222. The van der Waals surface area contributed by atoms with Crippen LogP contribution in [0.25, 0.3) is 11.0 Å². The van der Waals surface area contributed by atoms with Gasteiger partial charge in [-0.1, -0.05) is 0 Å². The lowest BCUT2D eigenvalue weighted by atomic mass is 10.1. The highest BCUT2D eigenvalue weighted by Crippen LogP contribution is 2.19. The van der Waals surface area contributed by atoms with Gasteiger partial charge >= 0.3 is 0 Å². The van der Waals surface area contributed by atoms with Crippen LogP contribution in [0.1, 0.15) is 11.1 Å². The summed E-state index contributed by atoms with van der Waals surface area (Å²) in [6.07, 6.45) is 1.71. The molecule has 0 fully saturated rings. The maximum absolute atomic E-state index is 12.2. The molecule has 23 heavy (non-hydrogen) atoms. The number of carbonyl (C=O) groups is 1. The van der Waals surface area contributed by atoms with Crippen molar-refractivity contribution in [3.8, 4) is 5.75 Å². The molecule has 1 heterocycles. The second kappa shape index (κ2) is 6.12. The smallest absolute Gasteiger partial charge is 0.244 e. The van der Waals surface area contributed by atoms with Crippen LogP contribution in [0.5, 0.6) is 5.75 Å². The number of rotatable bonds is 4. The molecular formula is C18H19N3O2. The van der Waals surface area contributed by atoms with Gasteiger partial charge in [0.1, 0.15) is 12.3 Å². The minimum Gasteiger partial charge on any atom is -0.497 e. The fourth-order valence-corrected chi connectivity index (χ4v) is 2.47. The third-order valence-electron chi connectivity index (χ3n) is 3.92. The van der Waals surface area contributed by atoms with E-state index in [0.717, 1.165) is 22.5 Å². The number of aryl methyl sites for hydroxylation is 2. The Labute approximate surface area is 134 Å². The summed E-state index contributed by atoms with van der Waals surface area (Å²) < 4.78 is 6.97. The minimum absolute atomic E-state index is 0.0901. The van der Waals surface area contributed by atoms with Crippen LogP contribution < -0.4 is 10.1 Å². The highest BCUT2D eigenvalue weighted by molar-refractivity contribution is 5.91. The Bertz CT molecular complexity index is 851. The zero-order chi connectivity index (χ0) is 16.4. The third-order valence-corrected chi connectivity index (χ3v) is 3.92. The van der Waals surface area contributed by atoms with Crippen LogP contribution in [0, 0.1) is 13.8 Å². The largest absolute Gasteiger partial charge is 0.497 e. The topological polar surface area (TPSA) is 56.1 Å². The second-order valence-electron chi connectivity index (χ2n) is 5.57. The van der Waals surface area contributed by atoms with E-state index < -0.39 is 0 Å². The molecule has 5 nitrogen and oxygen atoms in total. The average Bonchev–Trinajstić information content (AvgIpc) is 2.90. The van der Waals surface area contributed by atoms with Crippen molar-refractivity contribution in [2.45, 2.75) is 20.4 Å². The van der Waals surface area contributed by atoms with Gasteiger partial charge in [0, 0.05) is 5.69 Å². The number of hydrogen-bond donors (Lipinski definition) is 1. The summed E-state index contributed by atoms with van der Waals surface area (Å²) in [5.74, 6) is 0.669. The van der Waals surface area contributed by atoms with Gasteiger partial charge in [0.05, 0.1) is 24.5 Å². The molecule has 118 valence electrons. The summed E-state index contributed by atoms with van der Waals surface area (Å²) in [5.41, 5.74) is 5.01. The molecule has 0 atom stereocenters. The number of anilines is 1. The van der Waals surface area contributed by atoms with E-state index in [2.05, 4.69) is 30.2 Å². The first kappa shape index (κ1) is 15.1. The lowest BCUT2D eigenvalue weighted by molar-refractivity contribution is -0.116. The van der Waals surface area contributed by atoms with Crippen LogP contribution in [0.3, 0.4) is 0 Å². The number of nitrogens with one attached hydrogen (secondary N) is 1. The van der Waals surface area contributed by atoms with Crippen molar-refractivity contribution in [2.24, 2.45) is 0 Å². The van der Waals surface area contributed by atoms with Gasteiger partial charge in [-0.2, -0.15) is 0 Å². The number of amides is 1. The third kappa shape index (κ3) is 3.18. The molecule has 3 aromatic rings. The van der Waals surface area contributed by atoms with Crippen LogP contribution in [0.4, 0.5) is 5.69 Å². The highest BCUT2D eigenvalue weighted by Gasteiger charge is 2.09. The second-order valence-corrected chi connectivity index (χ2v) is 5.57. The zero-order valence-electron chi connectivity index (χ0n) is 13.5. The van der Waals surface area contributed by atoms with Crippen molar-refractivity contribution in [1.82, 2.24) is 9.55 Å². The molecule has 2 aromatic carbocycles. The Balaban J connectivity index is 1.76. The molecule has 0 aliphatic rings. The minimum atomic E-state index is -0.0901. The van der Waals surface area contributed by atoms with E-state index in [-0.39, 0.29) is 12.5 Å². The molecule has 0 unspecified atom stereocenters. The van der Waals surface area contributed by atoms with E-state index in [1.807, 2.05) is 34.9 Å². The highest BCUT2D eigenvalue weighted by atomic mass is 16.5. The molecule has 0 aliphatic heterocycles. The van der Waals surface area contributed by atoms with Crippen molar-refractivity contribution in [2.75, 3.05) is 12.4 Å². The number of methoxy groups -OCH3 is 1. The van der Waals surface area contributed by atoms with Gasteiger partial charge < -0.3 is 14.6 Å². The Morgan fingerprint density at radius 2 is 1.87 bits per heavy atom. The first-order valence-corrected chi connectivity index (χ1v) is 7.43. The number of nitrogens with zero attached hydrogens (tertiary/aromatic N) is 2. The lowest BCUT2D eigenvalue weighted by Crippen LogP contribution is -2.18. The molecule has 1 N–H and O–H groups in total. The summed E-state index contributed by atoms with van der Waals surface area (Å²) in [5, 5.41) is 2.88. The van der Waals surface area contributed by atoms with E-state index in [9.17, 15) is 4.79 Å². The monoisotopic (exact) mass is 309 g/mol. The molecule has 0 radical (unpaired) electrons. The summed E-state index contributed by atoms with van der Waals surface area (Å²) in [4.78, 5) is 16.6. The Morgan fingerprint density at radius 1 is 1.17 bits per heavy atom. The maximum atomic E-state index is 12.2. The molecule has 5 heteroatoms. The summed E-state index contributed by atoms with van der Waals surface area (Å²) in [6.45, 7) is 4.35. The van der Waals surface area contributed by atoms with Gasteiger partial charge in [0.15, 0.2) is 0 Å². The number of hydrogen-bond acceptors (Lipinski definition) is 3. The number of ether oxygens (including phenoxy) is 1. The molecule has 0 aliphatic carbocycles. The van der Waals surface area contributed by atoms with Crippen LogP contribution in [0.15, 0.2) is 42.7 Å².